The summed E-state index contributed by atoms with van der Waals surface area (Å²) in [4.78, 5) is 0. The third-order valence-electron chi connectivity index (χ3n) is 3.59. The summed E-state index contributed by atoms with van der Waals surface area (Å²) in [5.74, 6) is 0.179. The Morgan fingerprint density at radius 2 is 2.05 bits per heavy atom. The van der Waals surface area contributed by atoms with Gasteiger partial charge in [-0.3, -0.25) is 0 Å². The number of ether oxygens (including phenoxy) is 1. The van der Waals surface area contributed by atoms with Crippen LogP contribution in [0.2, 0.25) is 10.0 Å². The van der Waals surface area contributed by atoms with Crippen molar-refractivity contribution < 1.29 is 13.2 Å². The van der Waals surface area contributed by atoms with E-state index >= 15 is 0 Å². The minimum atomic E-state index is -3.34. The molecule has 0 bridgehead atoms. The van der Waals surface area contributed by atoms with Crippen molar-refractivity contribution in [2.45, 2.75) is 26.4 Å². The second-order valence-electron chi connectivity index (χ2n) is 5.50. The summed E-state index contributed by atoms with van der Waals surface area (Å²) >= 11 is 11.9. The Labute approximate surface area is 136 Å². The molecule has 21 heavy (non-hydrogen) atoms. The fourth-order valence-electron chi connectivity index (χ4n) is 2.33. The highest BCUT2D eigenvalue weighted by Crippen LogP contribution is 2.26. The largest absolute Gasteiger partial charge is 0.379 e. The first-order valence-corrected chi connectivity index (χ1v) is 9.19. The van der Waals surface area contributed by atoms with Gasteiger partial charge < -0.3 is 4.74 Å². The summed E-state index contributed by atoms with van der Waals surface area (Å²) in [6, 6.07) is 5.02. The molecule has 1 atom stereocenters. The van der Waals surface area contributed by atoms with Crippen LogP contribution in [-0.4, -0.2) is 37.7 Å². The molecule has 0 aromatic heterocycles. The quantitative estimate of drug-likeness (QED) is 0.839. The molecule has 0 unspecified atom stereocenters. The zero-order valence-electron chi connectivity index (χ0n) is 12.1. The molecule has 1 aromatic rings. The predicted molar refractivity (Wildman–Crippen MR) is 85.2 cm³/mol. The van der Waals surface area contributed by atoms with E-state index in [2.05, 4.69) is 0 Å². The van der Waals surface area contributed by atoms with Gasteiger partial charge >= 0.3 is 0 Å². The van der Waals surface area contributed by atoms with Gasteiger partial charge in [0, 0.05) is 6.54 Å². The zero-order valence-corrected chi connectivity index (χ0v) is 14.4. The van der Waals surface area contributed by atoms with E-state index in [1.165, 1.54) is 4.31 Å². The molecule has 0 amide bonds. The average molecular weight is 352 g/mol. The van der Waals surface area contributed by atoms with Crippen molar-refractivity contribution in [3.63, 3.8) is 0 Å². The lowest BCUT2D eigenvalue weighted by atomic mass is 10.0. The lowest BCUT2D eigenvalue weighted by Crippen LogP contribution is -2.44. The third kappa shape index (κ3) is 4.11. The lowest BCUT2D eigenvalue weighted by molar-refractivity contribution is 0.0902. The summed E-state index contributed by atoms with van der Waals surface area (Å²) in [6.07, 6.45) is 0. The molecule has 1 aliphatic heterocycles. The Balaban J connectivity index is 2.32. The fraction of sp³-hybridized carbons (Fsp3) is 0.571. The topological polar surface area (TPSA) is 46.6 Å². The van der Waals surface area contributed by atoms with E-state index in [1.807, 2.05) is 13.8 Å². The first kappa shape index (κ1) is 17.0. The molecule has 1 saturated heterocycles. The number of benzene rings is 1. The van der Waals surface area contributed by atoms with Gasteiger partial charge in [0.05, 0.1) is 35.1 Å². The SMILES string of the molecule is CC(C)[C@H]1COCCS(=O)(=O)N1Cc1ccc(Cl)c(Cl)c1. The molecule has 118 valence electrons. The minimum absolute atomic E-state index is 0.0115. The van der Waals surface area contributed by atoms with Crippen LogP contribution in [0.25, 0.3) is 0 Å². The molecule has 0 saturated carbocycles. The molecular weight excluding hydrogens is 333 g/mol. The highest BCUT2D eigenvalue weighted by molar-refractivity contribution is 7.89. The van der Waals surface area contributed by atoms with E-state index in [0.29, 0.717) is 16.7 Å². The maximum Gasteiger partial charge on any atom is 0.217 e. The van der Waals surface area contributed by atoms with Crippen molar-refractivity contribution in [1.29, 1.82) is 0 Å². The van der Waals surface area contributed by atoms with Gasteiger partial charge in [-0.25, -0.2) is 8.42 Å². The van der Waals surface area contributed by atoms with E-state index < -0.39 is 10.0 Å². The standard InChI is InChI=1S/C14H19Cl2NO3S/c1-10(2)14-9-20-5-6-21(18,19)17(14)8-11-3-4-12(15)13(16)7-11/h3-4,7,10,14H,5-6,8-9H2,1-2H3/t14-/m1/s1. The summed E-state index contributed by atoms with van der Waals surface area (Å²) < 4.78 is 31.9. The van der Waals surface area contributed by atoms with Crippen LogP contribution in [0.15, 0.2) is 18.2 Å². The summed E-state index contributed by atoms with van der Waals surface area (Å²) in [6.45, 7) is 4.93. The molecule has 4 nitrogen and oxygen atoms in total. The van der Waals surface area contributed by atoms with Gasteiger partial charge in [0.15, 0.2) is 0 Å². The lowest BCUT2D eigenvalue weighted by Gasteiger charge is -2.31. The molecule has 0 spiro atoms. The van der Waals surface area contributed by atoms with Crippen molar-refractivity contribution in [2.75, 3.05) is 19.0 Å². The van der Waals surface area contributed by atoms with Gasteiger partial charge in [-0.05, 0) is 23.6 Å². The molecule has 2 rings (SSSR count). The number of hydrogen-bond donors (Lipinski definition) is 0. The van der Waals surface area contributed by atoms with Crippen LogP contribution in [-0.2, 0) is 21.3 Å². The van der Waals surface area contributed by atoms with Crippen LogP contribution in [0.4, 0.5) is 0 Å². The van der Waals surface area contributed by atoms with Crippen molar-refractivity contribution in [3.05, 3.63) is 33.8 Å². The zero-order chi connectivity index (χ0) is 15.6. The van der Waals surface area contributed by atoms with Gasteiger partial charge in [0.2, 0.25) is 10.0 Å². The molecule has 1 aliphatic rings. The highest BCUT2D eigenvalue weighted by Gasteiger charge is 2.34. The Hall–Kier alpha value is -0.330. The Bertz CT molecular complexity index is 604. The molecule has 0 N–H and O–H groups in total. The van der Waals surface area contributed by atoms with Crippen LogP contribution in [0, 0.1) is 5.92 Å². The van der Waals surface area contributed by atoms with Crippen molar-refractivity contribution in [2.24, 2.45) is 5.92 Å². The first-order chi connectivity index (χ1) is 9.81. The Kier molecular flexibility index (Phi) is 5.54. The number of halogens is 2. The smallest absolute Gasteiger partial charge is 0.217 e. The van der Waals surface area contributed by atoms with Gasteiger partial charge in [-0.2, -0.15) is 4.31 Å². The predicted octanol–water partition coefficient (Wildman–Crippen LogP) is 3.18. The van der Waals surface area contributed by atoms with Crippen LogP contribution in [0.3, 0.4) is 0 Å². The van der Waals surface area contributed by atoms with Gasteiger partial charge in [0.1, 0.15) is 0 Å². The second-order valence-corrected chi connectivity index (χ2v) is 8.35. The van der Waals surface area contributed by atoms with Crippen molar-refractivity contribution >= 4 is 33.2 Å². The monoisotopic (exact) mass is 351 g/mol. The molecule has 7 heteroatoms. The molecule has 0 radical (unpaired) electrons. The van der Waals surface area contributed by atoms with Crippen LogP contribution in [0.1, 0.15) is 19.4 Å². The number of rotatable bonds is 3. The Morgan fingerprint density at radius 3 is 2.67 bits per heavy atom. The number of hydrogen-bond acceptors (Lipinski definition) is 3. The number of sulfonamides is 1. The van der Waals surface area contributed by atoms with E-state index in [4.69, 9.17) is 27.9 Å². The van der Waals surface area contributed by atoms with E-state index in [-0.39, 0.29) is 30.9 Å². The molecular formula is C14H19Cl2NO3S. The molecule has 0 aliphatic carbocycles. The highest BCUT2D eigenvalue weighted by atomic mass is 35.5. The maximum atomic E-state index is 12.5. The molecule has 1 aromatic carbocycles. The third-order valence-corrected chi connectivity index (χ3v) is 6.13. The molecule has 1 heterocycles. The molecule has 1 fully saturated rings. The summed E-state index contributed by atoms with van der Waals surface area (Å²) in [5.41, 5.74) is 0.820. The van der Waals surface area contributed by atoms with E-state index in [1.54, 1.807) is 18.2 Å². The van der Waals surface area contributed by atoms with Gasteiger partial charge in [0.25, 0.3) is 0 Å². The second kappa shape index (κ2) is 6.84. The number of nitrogens with zero attached hydrogens (tertiary/aromatic N) is 1. The van der Waals surface area contributed by atoms with E-state index in [9.17, 15) is 8.42 Å². The average Bonchev–Trinajstić information content (AvgIpc) is 2.54. The minimum Gasteiger partial charge on any atom is -0.379 e. The summed E-state index contributed by atoms with van der Waals surface area (Å²) in [5, 5.41) is 0.890. The summed E-state index contributed by atoms with van der Waals surface area (Å²) in [7, 11) is -3.34. The van der Waals surface area contributed by atoms with Crippen molar-refractivity contribution in [1.82, 2.24) is 4.31 Å². The van der Waals surface area contributed by atoms with E-state index in [0.717, 1.165) is 5.56 Å². The normalized spacial score (nSPS) is 23.2. The van der Waals surface area contributed by atoms with Gasteiger partial charge in [-0.15, -0.1) is 0 Å². The van der Waals surface area contributed by atoms with Gasteiger partial charge in [-0.1, -0.05) is 43.1 Å². The fourth-order valence-corrected chi connectivity index (χ4v) is 4.28. The van der Waals surface area contributed by atoms with Crippen LogP contribution < -0.4 is 0 Å². The van der Waals surface area contributed by atoms with Crippen LogP contribution >= 0.6 is 23.2 Å². The van der Waals surface area contributed by atoms with Crippen molar-refractivity contribution in [3.8, 4) is 0 Å². The first-order valence-electron chi connectivity index (χ1n) is 6.82. The maximum absolute atomic E-state index is 12.5. The van der Waals surface area contributed by atoms with Crippen LogP contribution in [0.5, 0.6) is 0 Å². The Morgan fingerprint density at radius 1 is 1.33 bits per heavy atom.